The van der Waals surface area contributed by atoms with Crippen molar-refractivity contribution in [1.82, 2.24) is 19.4 Å². The van der Waals surface area contributed by atoms with Crippen LogP contribution in [0.2, 0.25) is 0 Å². The minimum absolute atomic E-state index is 0.102. The van der Waals surface area contributed by atoms with Gasteiger partial charge in [0.2, 0.25) is 10.0 Å². The van der Waals surface area contributed by atoms with Gasteiger partial charge in [-0.1, -0.05) is 30.3 Å². The van der Waals surface area contributed by atoms with E-state index in [4.69, 9.17) is 4.74 Å². The van der Waals surface area contributed by atoms with Crippen molar-refractivity contribution >= 4 is 16.1 Å². The van der Waals surface area contributed by atoms with E-state index in [0.29, 0.717) is 32.2 Å². The predicted molar refractivity (Wildman–Crippen MR) is 117 cm³/mol. The van der Waals surface area contributed by atoms with E-state index in [-0.39, 0.29) is 12.1 Å². The van der Waals surface area contributed by atoms with Crippen LogP contribution in [0.15, 0.2) is 30.3 Å². The van der Waals surface area contributed by atoms with Gasteiger partial charge in [0, 0.05) is 65.1 Å². The van der Waals surface area contributed by atoms with Gasteiger partial charge >= 0.3 is 6.03 Å². The Balaban J connectivity index is 1.55. The van der Waals surface area contributed by atoms with E-state index in [0.717, 1.165) is 44.6 Å². The van der Waals surface area contributed by atoms with Gasteiger partial charge < -0.3 is 15.0 Å². The first-order valence-electron chi connectivity index (χ1n) is 10.7. The van der Waals surface area contributed by atoms with Gasteiger partial charge in [0.1, 0.15) is 0 Å². The molecule has 0 radical (unpaired) electrons. The van der Waals surface area contributed by atoms with Crippen LogP contribution < -0.4 is 5.32 Å². The molecule has 0 aromatic heterocycles. The molecule has 0 aliphatic carbocycles. The molecule has 0 bridgehead atoms. The molecule has 30 heavy (non-hydrogen) atoms. The van der Waals surface area contributed by atoms with E-state index in [2.05, 4.69) is 10.2 Å². The molecule has 0 saturated carbocycles. The lowest BCUT2D eigenvalue weighted by molar-refractivity contribution is 0.0169. The fourth-order valence-corrected chi connectivity index (χ4v) is 5.12. The molecule has 2 aliphatic rings. The molecule has 1 aromatic rings. The number of amides is 2. The second kappa shape index (κ2) is 10.6. The van der Waals surface area contributed by atoms with Crippen LogP contribution in [0.1, 0.15) is 24.8 Å². The van der Waals surface area contributed by atoms with Crippen molar-refractivity contribution in [3.8, 4) is 0 Å². The lowest BCUT2D eigenvalue weighted by atomic mass is 10.0. The highest BCUT2D eigenvalue weighted by molar-refractivity contribution is 7.88. The zero-order valence-electron chi connectivity index (χ0n) is 18.0. The maximum absolute atomic E-state index is 12.5. The summed E-state index contributed by atoms with van der Waals surface area (Å²) in [6, 6.07) is 10.3. The first-order chi connectivity index (χ1) is 14.3. The summed E-state index contributed by atoms with van der Waals surface area (Å²) >= 11 is 0. The summed E-state index contributed by atoms with van der Waals surface area (Å²) in [5.41, 5.74) is 1.06. The number of hydrogen-bond donors (Lipinski definition) is 1. The van der Waals surface area contributed by atoms with Crippen molar-refractivity contribution < 1.29 is 17.9 Å². The van der Waals surface area contributed by atoms with Gasteiger partial charge in [-0.2, -0.15) is 0 Å². The lowest BCUT2D eigenvalue weighted by Crippen LogP contribution is -2.51. The maximum atomic E-state index is 12.5. The molecule has 9 heteroatoms. The van der Waals surface area contributed by atoms with E-state index in [9.17, 15) is 13.2 Å². The summed E-state index contributed by atoms with van der Waals surface area (Å²) in [6.45, 7) is 4.38. The molecule has 168 valence electrons. The highest BCUT2D eigenvalue weighted by Gasteiger charge is 2.35. The van der Waals surface area contributed by atoms with Crippen molar-refractivity contribution in [3.05, 3.63) is 35.9 Å². The summed E-state index contributed by atoms with van der Waals surface area (Å²) in [6.07, 6.45) is 3.99. The molecule has 2 saturated heterocycles. The van der Waals surface area contributed by atoms with Gasteiger partial charge in [-0.05, 0) is 24.8 Å². The van der Waals surface area contributed by atoms with Gasteiger partial charge in [-0.25, -0.2) is 17.5 Å². The quantitative estimate of drug-likeness (QED) is 0.662. The summed E-state index contributed by atoms with van der Waals surface area (Å²) in [5.74, 6) is 0. The highest BCUT2D eigenvalue weighted by Crippen LogP contribution is 2.24. The van der Waals surface area contributed by atoms with E-state index in [1.165, 1.54) is 6.26 Å². The van der Waals surface area contributed by atoms with Crippen LogP contribution in [0.3, 0.4) is 0 Å². The number of carbonyl (C=O) groups excluding carboxylic acids is 1. The second-order valence-corrected chi connectivity index (χ2v) is 10.2. The number of nitrogens with zero attached hydrogens (tertiary/aromatic N) is 3. The molecule has 1 N–H and O–H groups in total. The average molecular weight is 439 g/mol. The standard InChI is InChI=1S/C21H34N4O4S/c1-23(21(26)22-16-18-6-4-3-5-7-18)12-13-25(19-9-14-29-15-10-19)20-8-11-24(17-20)30(2,27)28/h3-7,19-20H,8-17H2,1-2H3,(H,22,26). The summed E-state index contributed by atoms with van der Waals surface area (Å²) in [4.78, 5) is 16.6. The summed E-state index contributed by atoms with van der Waals surface area (Å²) < 4.78 is 31.0. The first kappa shape index (κ1) is 23.0. The smallest absolute Gasteiger partial charge is 0.317 e. The Hall–Kier alpha value is -1.68. The van der Waals surface area contributed by atoms with Crippen molar-refractivity contribution in [2.45, 2.75) is 37.9 Å². The van der Waals surface area contributed by atoms with Crippen LogP contribution in [-0.4, -0.2) is 93.3 Å². The molecular formula is C21H34N4O4S. The number of rotatable bonds is 8. The van der Waals surface area contributed by atoms with Gasteiger partial charge in [0.05, 0.1) is 6.26 Å². The van der Waals surface area contributed by atoms with Crippen LogP contribution >= 0.6 is 0 Å². The highest BCUT2D eigenvalue weighted by atomic mass is 32.2. The number of nitrogens with one attached hydrogen (secondary N) is 1. The number of urea groups is 1. The zero-order chi connectivity index (χ0) is 21.6. The third-order valence-corrected chi connectivity index (χ3v) is 7.32. The summed E-state index contributed by atoms with van der Waals surface area (Å²) in [5, 5.41) is 2.96. The van der Waals surface area contributed by atoms with Crippen LogP contribution in [0.4, 0.5) is 4.79 Å². The number of ether oxygens (including phenoxy) is 1. The number of benzene rings is 1. The number of likely N-dealkylation sites (N-methyl/N-ethyl adjacent to an activating group) is 1. The zero-order valence-corrected chi connectivity index (χ0v) is 18.8. The minimum atomic E-state index is -3.17. The SMILES string of the molecule is CN(CCN(C1CCOCC1)C1CCN(S(C)(=O)=O)C1)C(=O)NCc1ccccc1. The Bertz CT molecular complexity index is 783. The van der Waals surface area contributed by atoms with Crippen LogP contribution in [0.25, 0.3) is 0 Å². The van der Waals surface area contributed by atoms with E-state index >= 15 is 0 Å². The summed E-state index contributed by atoms with van der Waals surface area (Å²) in [7, 11) is -1.37. The average Bonchev–Trinajstić information content (AvgIpc) is 3.24. The van der Waals surface area contributed by atoms with Crippen LogP contribution in [0, 0.1) is 0 Å². The van der Waals surface area contributed by atoms with Crippen LogP contribution in [-0.2, 0) is 21.3 Å². The molecule has 8 nitrogen and oxygen atoms in total. The van der Waals surface area contributed by atoms with Crippen molar-refractivity contribution in [2.75, 3.05) is 52.7 Å². The maximum Gasteiger partial charge on any atom is 0.317 e. The molecule has 2 fully saturated rings. The largest absolute Gasteiger partial charge is 0.381 e. The molecule has 1 unspecified atom stereocenters. The van der Waals surface area contributed by atoms with Crippen molar-refractivity contribution in [1.29, 1.82) is 0 Å². The molecule has 2 amide bonds. The number of sulfonamides is 1. The van der Waals surface area contributed by atoms with Gasteiger partial charge in [0.25, 0.3) is 0 Å². The van der Waals surface area contributed by atoms with E-state index in [1.54, 1.807) is 16.3 Å². The molecule has 0 spiro atoms. The monoisotopic (exact) mass is 438 g/mol. The Morgan fingerprint density at radius 2 is 1.83 bits per heavy atom. The number of carbonyl (C=O) groups is 1. The normalized spacial score (nSPS) is 21.1. The minimum Gasteiger partial charge on any atom is -0.381 e. The molecule has 2 aliphatic heterocycles. The predicted octanol–water partition coefficient (Wildman–Crippen LogP) is 1.34. The topological polar surface area (TPSA) is 82.2 Å². The van der Waals surface area contributed by atoms with Gasteiger partial charge in [0.15, 0.2) is 0 Å². The van der Waals surface area contributed by atoms with Crippen molar-refractivity contribution in [3.63, 3.8) is 0 Å². The molecule has 3 rings (SSSR count). The molecule has 1 aromatic carbocycles. The van der Waals surface area contributed by atoms with Crippen molar-refractivity contribution in [2.24, 2.45) is 0 Å². The fourth-order valence-electron chi connectivity index (χ4n) is 4.24. The Kier molecular flexibility index (Phi) is 8.10. The Morgan fingerprint density at radius 3 is 2.47 bits per heavy atom. The van der Waals surface area contributed by atoms with Gasteiger partial charge in [-0.3, -0.25) is 4.90 Å². The Morgan fingerprint density at radius 1 is 1.13 bits per heavy atom. The molecule has 2 heterocycles. The third-order valence-electron chi connectivity index (χ3n) is 6.05. The second-order valence-electron chi connectivity index (χ2n) is 8.21. The number of hydrogen-bond acceptors (Lipinski definition) is 5. The molecule has 1 atom stereocenters. The van der Waals surface area contributed by atoms with E-state index < -0.39 is 10.0 Å². The van der Waals surface area contributed by atoms with Gasteiger partial charge in [-0.15, -0.1) is 0 Å². The third kappa shape index (κ3) is 6.41. The lowest BCUT2D eigenvalue weighted by Gasteiger charge is -2.39. The molecular weight excluding hydrogens is 404 g/mol. The first-order valence-corrected chi connectivity index (χ1v) is 12.5. The Labute approximate surface area is 180 Å². The van der Waals surface area contributed by atoms with Crippen LogP contribution in [0.5, 0.6) is 0 Å². The fraction of sp³-hybridized carbons (Fsp3) is 0.667. The van der Waals surface area contributed by atoms with E-state index in [1.807, 2.05) is 30.3 Å².